The monoisotopic (exact) mass is 375 g/mol. The molecule has 0 spiro atoms. The van der Waals surface area contributed by atoms with Crippen LogP contribution in [0.25, 0.3) is 0 Å². The fraction of sp³-hybridized carbons (Fsp3) is 0.348. The lowest BCUT2D eigenvalue weighted by atomic mass is 10.2. The molecule has 2 aromatic rings. The molecule has 2 heterocycles. The van der Waals surface area contributed by atoms with Gasteiger partial charge in [-0.25, -0.2) is 0 Å². The van der Waals surface area contributed by atoms with Gasteiger partial charge >= 0.3 is 0 Å². The van der Waals surface area contributed by atoms with Crippen molar-refractivity contribution >= 4 is 17.3 Å². The Hall–Kier alpha value is -2.95. The van der Waals surface area contributed by atoms with E-state index in [0.29, 0.717) is 6.04 Å². The van der Waals surface area contributed by atoms with Gasteiger partial charge in [0.2, 0.25) is 0 Å². The second-order valence-corrected chi connectivity index (χ2v) is 7.38. The molecular weight excluding hydrogens is 346 g/mol. The first-order valence-corrected chi connectivity index (χ1v) is 10.1. The maximum atomic E-state index is 4.40. The highest BCUT2D eigenvalue weighted by atomic mass is 15.2. The van der Waals surface area contributed by atoms with Gasteiger partial charge < -0.3 is 20.4 Å². The number of aliphatic imine (C=N–C) groups is 1. The lowest BCUT2D eigenvalue weighted by Gasteiger charge is -2.20. The number of rotatable bonds is 5. The van der Waals surface area contributed by atoms with Gasteiger partial charge in [0.1, 0.15) is 0 Å². The van der Waals surface area contributed by atoms with Crippen molar-refractivity contribution in [2.75, 3.05) is 43.0 Å². The van der Waals surface area contributed by atoms with Crippen molar-refractivity contribution in [1.82, 2.24) is 10.6 Å². The normalized spacial score (nSPS) is 19.3. The van der Waals surface area contributed by atoms with E-state index >= 15 is 0 Å². The summed E-state index contributed by atoms with van der Waals surface area (Å²) < 4.78 is 0. The third-order valence-electron chi connectivity index (χ3n) is 5.45. The number of hydrogen-bond donors (Lipinski definition) is 2. The number of para-hydroxylation sites is 1. The van der Waals surface area contributed by atoms with Crippen LogP contribution in [-0.2, 0) is 6.54 Å². The smallest absolute Gasteiger partial charge is 0.191 e. The van der Waals surface area contributed by atoms with Crippen molar-refractivity contribution in [3.8, 4) is 0 Å². The lowest BCUT2D eigenvalue weighted by Crippen LogP contribution is -2.44. The lowest BCUT2D eigenvalue weighted by molar-refractivity contribution is 0.648. The molecule has 0 bridgehead atoms. The second-order valence-electron chi connectivity index (χ2n) is 7.38. The average Bonchev–Trinajstić information content (AvgIpc) is 3.44. The molecule has 0 radical (unpaired) electrons. The van der Waals surface area contributed by atoms with Gasteiger partial charge in [-0.1, -0.05) is 42.5 Å². The summed E-state index contributed by atoms with van der Waals surface area (Å²) in [5.74, 6) is 0.868. The minimum absolute atomic E-state index is 0.413. The Kier molecular flexibility index (Phi) is 5.80. The zero-order valence-corrected chi connectivity index (χ0v) is 16.5. The van der Waals surface area contributed by atoms with E-state index in [2.05, 4.69) is 92.2 Å². The molecule has 28 heavy (non-hydrogen) atoms. The van der Waals surface area contributed by atoms with Crippen LogP contribution in [0.15, 0.2) is 71.7 Å². The Balaban J connectivity index is 1.26. The van der Waals surface area contributed by atoms with Crippen molar-refractivity contribution < 1.29 is 0 Å². The van der Waals surface area contributed by atoms with Crippen molar-refractivity contribution in [2.24, 2.45) is 4.99 Å². The van der Waals surface area contributed by atoms with Crippen LogP contribution in [0.4, 0.5) is 11.4 Å². The highest BCUT2D eigenvalue weighted by Crippen LogP contribution is 2.20. The molecule has 2 aliphatic heterocycles. The van der Waals surface area contributed by atoms with Gasteiger partial charge in [0.05, 0.1) is 0 Å². The zero-order chi connectivity index (χ0) is 19.2. The van der Waals surface area contributed by atoms with Crippen LogP contribution in [-0.4, -0.2) is 45.2 Å². The Morgan fingerprint density at radius 2 is 1.68 bits per heavy atom. The van der Waals surface area contributed by atoms with Gasteiger partial charge in [0.25, 0.3) is 0 Å². The molecule has 5 heteroatoms. The Labute approximate surface area is 167 Å². The number of nitrogens with one attached hydrogen (secondary N) is 2. The van der Waals surface area contributed by atoms with Crippen LogP contribution < -0.4 is 20.4 Å². The maximum Gasteiger partial charge on any atom is 0.191 e. The standard InChI is InChI=1S/C23H29N5/c1-24-23(26-20-13-16-28(18-20)21-7-3-2-4-8-21)25-17-19-9-11-22(12-10-19)27-14-5-6-15-27/h2-12,20H,13-18H2,1H3,(H2,24,25,26). The van der Waals surface area contributed by atoms with E-state index in [-0.39, 0.29) is 0 Å². The van der Waals surface area contributed by atoms with E-state index in [9.17, 15) is 0 Å². The highest BCUT2D eigenvalue weighted by Gasteiger charge is 2.23. The Morgan fingerprint density at radius 1 is 0.964 bits per heavy atom. The van der Waals surface area contributed by atoms with E-state index in [1.807, 2.05) is 7.05 Å². The van der Waals surface area contributed by atoms with Gasteiger partial charge in [-0.05, 0) is 36.2 Å². The first-order valence-electron chi connectivity index (χ1n) is 10.1. The summed E-state index contributed by atoms with van der Waals surface area (Å²) in [6, 6.07) is 19.8. The fourth-order valence-corrected chi connectivity index (χ4v) is 3.84. The van der Waals surface area contributed by atoms with Crippen LogP contribution >= 0.6 is 0 Å². The number of benzene rings is 2. The molecule has 0 aliphatic carbocycles. The van der Waals surface area contributed by atoms with Gasteiger partial charge in [-0.15, -0.1) is 0 Å². The van der Waals surface area contributed by atoms with E-state index in [4.69, 9.17) is 0 Å². The molecular formula is C23H29N5. The third-order valence-corrected chi connectivity index (χ3v) is 5.45. The van der Waals surface area contributed by atoms with E-state index in [1.54, 1.807) is 0 Å². The van der Waals surface area contributed by atoms with Crippen molar-refractivity contribution in [2.45, 2.75) is 19.0 Å². The summed E-state index contributed by atoms with van der Waals surface area (Å²) in [7, 11) is 1.84. The van der Waals surface area contributed by atoms with Crippen LogP contribution in [0.2, 0.25) is 0 Å². The van der Waals surface area contributed by atoms with Gasteiger partial charge in [0.15, 0.2) is 5.96 Å². The van der Waals surface area contributed by atoms with E-state index in [0.717, 1.165) is 45.1 Å². The van der Waals surface area contributed by atoms with Crippen LogP contribution in [0.3, 0.4) is 0 Å². The summed E-state index contributed by atoms with van der Waals surface area (Å²) >= 11 is 0. The molecule has 4 rings (SSSR count). The van der Waals surface area contributed by atoms with Crippen molar-refractivity contribution in [3.05, 3.63) is 72.3 Å². The number of nitrogens with zero attached hydrogens (tertiary/aromatic N) is 3. The number of hydrogen-bond acceptors (Lipinski definition) is 3. The quantitative estimate of drug-likeness (QED) is 0.479. The summed E-state index contributed by atoms with van der Waals surface area (Å²) in [5, 5.41) is 7.02. The zero-order valence-electron chi connectivity index (χ0n) is 16.5. The van der Waals surface area contributed by atoms with Gasteiger partial charge in [-0.3, -0.25) is 4.99 Å². The molecule has 2 aromatic carbocycles. The summed E-state index contributed by atoms with van der Waals surface area (Å²) in [6.07, 6.45) is 5.55. The largest absolute Gasteiger partial charge is 0.369 e. The van der Waals surface area contributed by atoms with Crippen molar-refractivity contribution in [3.63, 3.8) is 0 Å². The van der Waals surface area contributed by atoms with Crippen LogP contribution in [0.1, 0.15) is 12.0 Å². The predicted molar refractivity (Wildman–Crippen MR) is 118 cm³/mol. The summed E-state index contributed by atoms with van der Waals surface area (Å²) in [6.45, 7) is 4.87. The molecule has 2 aliphatic rings. The maximum absolute atomic E-state index is 4.40. The molecule has 0 saturated carbocycles. The van der Waals surface area contributed by atoms with Gasteiger partial charge in [0, 0.05) is 57.2 Å². The van der Waals surface area contributed by atoms with E-state index < -0.39 is 0 Å². The molecule has 1 saturated heterocycles. The first kappa shape index (κ1) is 18.4. The predicted octanol–water partition coefficient (Wildman–Crippen LogP) is 3.01. The minimum Gasteiger partial charge on any atom is -0.369 e. The molecule has 1 unspecified atom stereocenters. The topological polar surface area (TPSA) is 42.9 Å². The van der Waals surface area contributed by atoms with Crippen LogP contribution in [0.5, 0.6) is 0 Å². The molecule has 5 nitrogen and oxygen atoms in total. The molecule has 1 atom stereocenters. The SMILES string of the molecule is CN=C(NCc1ccc(N2CC=CC2)cc1)NC1CCN(c2ccccc2)C1. The number of anilines is 2. The van der Waals surface area contributed by atoms with E-state index in [1.165, 1.54) is 16.9 Å². The second kappa shape index (κ2) is 8.83. The fourth-order valence-electron chi connectivity index (χ4n) is 3.84. The molecule has 0 aromatic heterocycles. The first-order chi connectivity index (χ1) is 13.8. The highest BCUT2D eigenvalue weighted by molar-refractivity contribution is 5.80. The summed E-state index contributed by atoms with van der Waals surface area (Å²) in [5.41, 5.74) is 3.84. The third kappa shape index (κ3) is 4.47. The Bertz CT molecular complexity index is 805. The minimum atomic E-state index is 0.413. The number of guanidine groups is 1. The molecule has 146 valence electrons. The van der Waals surface area contributed by atoms with Gasteiger partial charge in [-0.2, -0.15) is 0 Å². The average molecular weight is 376 g/mol. The summed E-state index contributed by atoms with van der Waals surface area (Å²) in [4.78, 5) is 9.19. The molecule has 0 amide bonds. The van der Waals surface area contributed by atoms with Crippen molar-refractivity contribution in [1.29, 1.82) is 0 Å². The molecule has 1 fully saturated rings. The Morgan fingerprint density at radius 3 is 2.39 bits per heavy atom. The molecule has 2 N–H and O–H groups in total. The van der Waals surface area contributed by atoms with Crippen LogP contribution in [0, 0.1) is 0 Å².